The number of nitrogens with one attached hydrogen (secondary N) is 1. The van der Waals surface area contributed by atoms with Gasteiger partial charge < -0.3 is 10.1 Å². The molecular weight excluding hydrogens is 335 g/mol. The fourth-order valence-electron chi connectivity index (χ4n) is 3.70. The van der Waals surface area contributed by atoms with Gasteiger partial charge in [-0.15, -0.1) is 0 Å². The second kappa shape index (κ2) is 6.25. The lowest BCUT2D eigenvalue weighted by Crippen LogP contribution is -2.47. The van der Waals surface area contributed by atoms with Crippen molar-refractivity contribution in [3.8, 4) is 0 Å². The van der Waals surface area contributed by atoms with Crippen LogP contribution < -0.4 is 5.32 Å². The summed E-state index contributed by atoms with van der Waals surface area (Å²) in [5, 5.41) is 3.83. The molecule has 0 unspecified atom stereocenters. The summed E-state index contributed by atoms with van der Waals surface area (Å²) in [6.45, 7) is 2.67. The van der Waals surface area contributed by atoms with Gasteiger partial charge in [0.1, 0.15) is 0 Å². The minimum Gasteiger partial charge on any atom is -0.375 e. The minimum atomic E-state index is -0.151. The molecule has 0 radical (unpaired) electrons. The van der Waals surface area contributed by atoms with Gasteiger partial charge in [0.05, 0.1) is 28.3 Å². The number of halogens is 2. The van der Waals surface area contributed by atoms with Crippen molar-refractivity contribution in [1.29, 1.82) is 0 Å². The Morgan fingerprint density at radius 1 is 1.26 bits per heavy atom. The number of ether oxygens (including phenoxy) is 1. The number of benzene rings is 1. The molecule has 4 rings (SSSR count). The first kappa shape index (κ1) is 15.7. The zero-order chi connectivity index (χ0) is 16.0. The van der Waals surface area contributed by atoms with E-state index in [9.17, 15) is 4.79 Å². The molecule has 124 valence electrons. The quantitative estimate of drug-likeness (QED) is 0.907. The number of carbonyl (C=O) groups excluding carboxylic acids is 1. The van der Waals surface area contributed by atoms with Gasteiger partial charge in [-0.3, -0.25) is 9.69 Å². The number of hydrogen-bond acceptors (Lipinski definition) is 3. The summed E-state index contributed by atoms with van der Waals surface area (Å²) >= 11 is 12.1. The molecule has 6 heteroatoms. The third kappa shape index (κ3) is 3.22. The third-order valence-corrected chi connectivity index (χ3v) is 5.94. The fourth-order valence-corrected chi connectivity index (χ4v) is 4.09. The van der Waals surface area contributed by atoms with Gasteiger partial charge in [-0.1, -0.05) is 29.3 Å². The van der Waals surface area contributed by atoms with E-state index in [1.165, 1.54) is 12.8 Å². The minimum absolute atomic E-state index is 0.143. The molecule has 1 saturated carbocycles. The molecule has 23 heavy (non-hydrogen) atoms. The van der Waals surface area contributed by atoms with Crippen LogP contribution in [0.1, 0.15) is 29.6 Å². The average molecular weight is 355 g/mol. The first-order chi connectivity index (χ1) is 11.1. The molecule has 1 N–H and O–H groups in total. The molecular formula is C17H20Cl2N2O2. The van der Waals surface area contributed by atoms with E-state index in [0.717, 1.165) is 32.0 Å². The van der Waals surface area contributed by atoms with Crippen LogP contribution in [-0.4, -0.2) is 48.7 Å². The monoisotopic (exact) mass is 354 g/mol. The Labute approximate surface area is 146 Å². The van der Waals surface area contributed by atoms with Crippen molar-refractivity contribution in [2.75, 3.05) is 19.7 Å². The molecule has 2 saturated heterocycles. The topological polar surface area (TPSA) is 41.6 Å². The Bertz CT molecular complexity index is 621. The van der Waals surface area contributed by atoms with E-state index >= 15 is 0 Å². The van der Waals surface area contributed by atoms with E-state index in [0.29, 0.717) is 27.8 Å². The van der Waals surface area contributed by atoms with Crippen LogP contribution in [0.15, 0.2) is 18.2 Å². The molecule has 0 spiro atoms. The Morgan fingerprint density at radius 3 is 2.87 bits per heavy atom. The van der Waals surface area contributed by atoms with Crippen LogP contribution in [0.25, 0.3) is 0 Å². The standard InChI is InChI=1S/C17H20Cl2N2O2/c18-14-3-1-2-13(16(14)19)17(22)20-11-6-12-9-23-15(10-4-5-10)8-21(12)7-11/h1-3,10-12,15H,4-9H2,(H,20,22)/t11-,12-,15+/m0/s1. The highest BCUT2D eigenvalue weighted by Gasteiger charge is 2.42. The molecule has 2 aliphatic heterocycles. The van der Waals surface area contributed by atoms with E-state index in [4.69, 9.17) is 27.9 Å². The van der Waals surface area contributed by atoms with Gasteiger partial charge in [-0.05, 0) is 37.3 Å². The maximum Gasteiger partial charge on any atom is 0.253 e. The first-order valence-corrected chi connectivity index (χ1v) is 8.98. The summed E-state index contributed by atoms with van der Waals surface area (Å²) in [5.41, 5.74) is 0.441. The molecule has 0 aromatic heterocycles. The second-order valence-electron chi connectivity index (χ2n) is 6.82. The first-order valence-electron chi connectivity index (χ1n) is 8.22. The smallest absolute Gasteiger partial charge is 0.253 e. The van der Waals surface area contributed by atoms with Gasteiger partial charge in [0.25, 0.3) is 5.91 Å². The molecule has 3 atom stereocenters. The predicted molar refractivity (Wildman–Crippen MR) is 90.2 cm³/mol. The van der Waals surface area contributed by atoms with Crippen molar-refractivity contribution in [2.24, 2.45) is 5.92 Å². The maximum atomic E-state index is 12.5. The van der Waals surface area contributed by atoms with Crippen LogP contribution in [0.4, 0.5) is 0 Å². The van der Waals surface area contributed by atoms with E-state index in [-0.39, 0.29) is 11.9 Å². The molecule has 1 amide bonds. The van der Waals surface area contributed by atoms with Gasteiger partial charge in [0.15, 0.2) is 0 Å². The molecule has 0 bridgehead atoms. The third-order valence-electron chi connectivity index (χ3n) is 5.12. The number of rotatable bonds is 3. The lowest BCUT2D eigenvalue weighted by molar-refractivity contribution is -0.0581. The van der Waals surface area contributed by atoms with Crippen molar-refractivity contribution in [3.05, 3.63) is 33.8 Å². The Morgan fingerprint density at radius 2 is 2.09 bits per heavy atom. The average Bonchev–Trinajstić information content (AvgIpc) is 3.30. The molecule has 2 heterocycles. The molecule has 1 aliphatic carbocycles. The van der Waals surface area contributed by atoms with Gasteiger partial charge in [-0.25, -0.2) is 0 Å². The van der Waals surface area contributed by atoms with Crippen LogP contribution in [0.5, 0.6) is 0 Å². The summed E-state index contributed by atoms with van der Waals surface area (Å²) in [4.78, 5) is 14.9. The Balaban J connectivity index is 1.38. The van der Waals surface area contributed by atoms with Crippen LogP contribution in [0, 0.1) is 5.92 Å². The largest absolute Gasteiger partial charge is 0.375 e. The second-order valence-corrected chi connectivity index (χ2v) is 7.61. The highest BCUT2D eigenvalue weighted by Crippen LogP contribution is 2.38. The number of morpholine rings is 1. The summed E-state index contributed by atoms with van der Waals surface area (Å²) in [6, 6.07) is 5.70. The number of hydrogen-bond donors (Lipinski definition) is 1. The summed E-state index contributed by atoms with van der Waals surface area (Å²) in [5.74, 6) is 0.608. The van der Waals surface area contributed by atoms with E-state index in [1.807, 2.05) is 0 Å². The maximum absolute atomic E-state index is 12.5. The number of nitrogens with zero attached hydrogens (tertiary/aromatic N) is 1. The lowest BCUT2D eigenvalue weighted by atomic mass is 10.1. The SMILES string of the molecule is O=C(N[C@H]1C[C@H]2CO[C@@H](C3CC3)CN2C1)c1cccc(Cl)c1Cl. The Kier molecular flexibility index (Phi) is 4.26. The van der Waals surface area contributed by atoms with Crippen molar-refractivity contribution < 1.29 is 9.53 Å². The zero-order valence-corrected chi connectivity index (χ0v) is 14.3. The zero-order valence-electron chi connectivity index (χ0n) is 12.8. The van der Waals surface area contributed by atoms with E-state index in [2.05, 4.69) is 10.2 Å². The van der Waals surface area contributed by atoms with Gasteiger partial charge in [0.2, 0.25) is 0 Å². The van der Waals surface area contributed by atoms with Crippen molar-refractivity contribution >= 4 is 29.1 Å². The fraction of sp³-hybridized carbons (Fsp3) is 0.588. The van der Waals surface area contributed by atoms with Crippen molar-refractivity contribution in [3.63, 3.8) is 0 Å². The highest BCUT2D eigenvalue weighted by molar-refractivity contribution is 6.43. The molecule has 1 aromatic carbocycles. The van der Waals surface area contributed by atoms with Crippen molar-refractivity contribution in [1.82, 2.24) is 10.2 Å². The van der Waals surface area contributed by atoms with Crippen LogP contribution >= 0.6 is 23.2 Å². The van der Waals surface area contributed by atoms with Gasteiger partial charge in [0, 0.05) is 25.2 Å². The van der Waals surface area contributed by atoms with Crippen LogP contribution in [0.2, 0.25) is 10.0 Å². The molecule has 3 fully saturated rings. The van der Waals surface area contributed by atoms with Crippen LogP contribution in [-0.2, 0) is 4.74 Å². The summed E-state index contributed by atoms with van der Waals surface area (Å²) in [6.07, 6.45) is 3.93. The van der Waals surface area contributed by atoms with Gasteiger partial charge in [-0.2, -0.15) is 0 Å². The van der Waals surface area contributed by atoms with E-state index in [1.54, 1.807) is 18.2 Å². The number of carbonyl (C=O) groups is 1. The van der Waals surface area contributed by atoms with Crippen molar-refractivity contribution in [2.45, 2.75) is 37.5 Å². The number of fused-ring (bicyclic) bond motifs is 1. The molecule has 1 aromatic rings. The molecule has 3 aliphatic rings. The molecule has 4 nitrogen and oxygen atoms in total. The summed E-state index contributed by atoms with van der Waals surface area (Å²) < 4.78 is 6.00. The number of amides is 1. The highest BCUT2D eigenvalue weighted by atomic mass is 35.5. The van der Waals surface area contributed by atoms with Crippen LogP contribution in [0.3, 0.4) is 0 Å². The lowest BCUT2D eigenvalue weighted by Gasteiger charge is -2.35. The van der Waals surface area contributed by atoms with Gasteiger partial charge >= 0.3 is 0 Å². The normalized spacial score (nSPS) is 31.0. The van der Waals surface area contributed by atoms with E-state index < -0.39 is 0 Å². The summed E-state index contributed by atoms with van der Waals surface area (Å²) in [7, 11) is 0. The predicted octanol–water partition coefficient (Wildman–Crippen LogP) is 2.97. The Hall–Kier alpha value is -0.810.